The van der Waals surface area contributed by atoms with E-state index in [9.17, 15) is 4.79 Å². The van der Waals surface area contributed by atoms with Gasteiger partial charge in [-0.25, -0.2) is 4.68 Å². The molecule has 0 radical (unpaired) electrons. The van der Waals surface area contributed by atoms with Crippen LogP contribution in [0.15, 0.2) is 24.3 Å². The number of aromatic nitrogens is 2. The van der Waals surface area contributed by atoms with Crippen LogP contribution in [0.25, 0.3) is 5.69 Å². The quantitative estimate of drug-likeness (QED) is 0.737. The van der Waals surface area contributed by atoms with E-state index in [4.69, 9.17) is 11.5 Å². The van der Waals surface area contributed by atoms with Gasteiger partial charge in [-0.3, -0.25) is 4.79 Å². The molecule has 0 aliphatic carbocycles. The highest BCUT2D eigenvalue weighted by atomic mass is 16.1. The summed E-state index contributed by atoms with van der Waals surface area (Å²) in [5, 5.41) is 4.03. The van der Waals surface area contributed by atoms with Gasteiger partial charge >= 0.3 is 0 Å². The Morgan fingerprint density at radius 3 is 2.69 bits per heavy atom. The van der Waals surface area contributed by atoms with E-state index >= 15 is 0 Å². The van der Waals surface area contributed by atoms with E-state index in [1.807, 2.05) is 31.2 Å². The summed E-state index contributed by atoms with van der Waals surface area (Å²) in [7, 11) is 0. The van der Waals surface area contributed by atoms with E-state index in [-0.39, 0.29) is 17.2 Å². The van der Waals surface area contributed by atoms with Gasteiger partial charge in [0.2, 0.25) is 0 Å². The van der Waals surface area contributed by atoms with Crippen molar-refractivity contribution < 1.29 is 4.79 Å². The summed E-state index contributed by atoms with van der Waals surface area (Å²) in [6.45, 7) is 1.97. The maximum Gasteiger partial charge on any atom is 0.158 e. The number of nitrogens with two attached hydrogens (primary N) is 2. The Hall–Kier alpha value is -2.30. The first kappa shape index (κ1) is 10.2. The fourth-order valence-corrected chi connectivity index (χ4v) is 1.54. The van der Waals surface area contributed by atoms with Crippen LogP contribution in [0.4, 0.5) is 11.6 Å². The van der Waals surface area contributed by atoms with E-state index in [0.29, 0.717) is 6.29 Å². The van der Waals surface area contributed by atoms with Crippen LogP contribution < -0.4 is 11.5 Å². The highest BCUT2D eigenvalue weighted by molar-refractivity contribution is 5.88. The summed E-state index contributed by atoms with van der Waals surface area (Å²) < 4.78 is 1.46. The zero-order valence-electron chi connectivity index (χ0n) is 8.84. The number of aldehydes is 1. The minimum Gasteiger partial charge on any atom is -0.383 e. The number of rotatable bonds is 2. The van der Waals surface area contributed by atoms with Gasteiger partial charge < -0.3 is 11.5 Å². The molecule has 0 spiro atoms. The molecule has 0 fully saturated rings. The lowest BCUT2D eigenvalue weighted by Crippen LogP contribution is -2.03. The molecular formula is C11H12N4O. The van der Waals surface area contributed by atoms with Crippen LogP contribution >= 0.6 is 0 Å². The number of benzene rings is 1. The molecule has 0 amide bonds. The Labute approximate surface area is 92.7 Å². The van der Waals surface area contributed by atoms with Crippen molar-refractivity contribution in [2.24, 2.45) is 0 Å². The van der Waals surface area contributed by atoms with Crippen LogP contribution in [0.2, 0.25) is 0 Å². The smallest absolute Gasteiger partial charge is 0.158 e. The third-order valence-corrected chi connectivity index (χ3v) is 2.35. The van der Waals surface area contributed by atoms with Crippen LogP contribution in [0.3, 0.4) is 0 Å². The molecule has 5 heteroatoms. The van der Waals surface area contributed by atoms with Gasteiger partial charge in [0.1, 0.15) is 11.4 Å². The van der Waals surface area contributed by atoms with Gasteiger partial charge in [0.25, 0.3) is 0 Å². The third-order valence-electron chi connectivity index (χ3n) is 2.35. The Balaban J connectivity index is 2.61. The maximum absolute atomic E-state index is 10.7. The van der Waals surface area contributed by atoms with Crippen LogP contribution in [-0.4, -0.2) is 16.1 Å². The van der Waals surface area contributed by atoms with Crippen molar-refractivity contribution in [1.82, 2.24) is 9.78 Å². The lowest BCUT2D eigenvalue weighted by molar-refractivity contribution is 0.112. The first-order chi connectivity index (χ1) is 7.63. The van der Waals surface area contributed by atoms with Gasteiger partial charge in [-0.2, -0.15) is 0 Å². The molecule has 82 valence electrons. The number of nitrogen functional groups attached to an aromatic ring is 2. The van der Waals surface area contributed by atoms with Crippen molar-refractivity contribution in [2.45, 2.75) is 6.92 Å². The molecule has 0 saturated carbocycles. The topological polar surface area (TPSA) is 86.9 Å². The zero-order valence-corrected chi connectivity index (χ0v) is 8.84. The largest absolute Gasteiger partial charge is 0.383 e. The van der Waals surface area contributed by atoms with Crippen LogP contribution in [0.1, 0.15) is 15.9 Å². The van der Waals surface area contributed by atoms with Crippen molar-refractivity contribution in [3.05, 3.63) is 35.4 Å². The number of carbonyl (C=O) groups is 1. The normalized spacial score (nSPS) is 10.3. The fraction of sp³-hybridized carbons (Fsp3) is 0.0909. The molecule has 0 aliphatic heterocycles. The van der Waals surface area contributed by atoms with Crippen molar-refractivity contribution in [3.63, 3.8) is 0 Å². The molecular weight excluding hydrogens is 204 g/mol. The van der Waals surface area contributed by atoms with Crippen molar-refractivity contribution in [1.29, 1.82) is 0 Å². The molecule has 4 N–H and O–H groups in total. The van der Waals surface area contributed by atoms with Gasteiger partial charge in [0.15, 0.2) is 12.1 Å². The number of carbonyl (C=O) groups excluding carboxylic acids is 1. The summed E-state index contributed by atoms with van der Waals surface area (Å²) in [6.07, 6.45) is 0.615. The zero-order chi connectivity index (χ0) is 11.7. The highest BCUT2D eigenvalue weighted by Gasteiger charge is 2.13. The van der Waals surface area contributed by atoms with Gasteiger partial charge in [0, 0.05) is 0 Å². The van der Waals surface area contributed by atoms with Gasteiger partial charge in [-0.15, -0.1) is 5.10 Å². The number of anilines is 2. The number of nitrogens with zero attached hydrogens (tertiary/aromatic N) is 2. The standard InChI is InChI=1S/C11H12N4O/c1-7-3-2-4-8(5-7)15-11(13)9(6-16)10(12)14-15/h2-6H,13H2,1H3,(H2,12,14). The Morgan fingerprint density at radius 1 is 1.38 bits per heavy atom. The number of hydrogen-bond acceptors (Lipinski definition) is 4. The van der Waals surface area contributed by atoms with Crippen LogP contribution in [-0.2, 0) is 0 Å². The fourth-order valence-electron chi connectivity index (χ4n) is 1.54. The highest BCUT2D eigenvalue weighted by Crippen LogP contribution is 2.21. The summed E-state index contributed by atoms with van der Waals surface area (Å²) in [5.74, 6) is 0.409. The van der Waals surface area contributed by atoms with E-state index in [1.165, 1.54) is 4.68 Å². The molecule has 2 aromatic rings. The van der Waals surface area contributed by atoms with Crippen LogP contribution in [0, 0.1) is 6.92 Å². The van der Waals surface area contributed by atoms with E-state index in [2.05, 4.69) is 5.10 Å². The van der Waals surface area contributed by atoms with Gasteiger partial charge in [0.05, 0.1) is 5.69 Å². The van der Waals surface area contributed by atoms with E-state index in [0.717, 1.165) is 11.3 Å². The molecule has 0 aliphatic rings. The first-order valence-corrected chi connectivity index (χ1v) is 4.79. The minimum atomic E-state index is 0.147. The Kier molecular flexibility index (Phi) is 2.36. The molecule has 0 unspecified atom stereocenters. The molecule has 0 bridgehead atoms. The molecule has 5 nitrogen and oxygen atoms in total. The average molecular weight is 216 g/mol. The van der Waals surface area contributed by atoms with Crippen molar-refractivity contribution >= 4 is 17.9 Å². The third kappa shape index (κ3) is 1.52. The lowest BCUT2D eigenvalue weighted by Gasteiger charge is -2.04. The molecule has 1 aromatic heterocycles. The predicted octanol–water partition coefficient (Wildman–Crippen LogP) is 1.16. The molecule has 0 saturated heterocycles. The second-order valence-corrected chi connectivity index (χ2v) is 3.55. The predicted molar refractivity (Wildman–Crippen MR) is 62.5 cm³/mol. The summed E-state index contributed by atoms with van der Waals surface area (Å²) in [6, 6.07) is 7.62. The average Bonchev–Trinajstić information content (AvgIpc) is 2.54. The molecule has 2 rings (SSSR count). The molecule has 0 atom stereocenters. The van der Waals surface area contributed by atoms with E-state index in [1.54, 1.807) is 0 Å². The second-order valence-electron chi connectivity index (χ2n) is 3.55. The monoisotopic (exact) mass is 216 g/mol. The van der Waals surface area contributed by atoms with Gasteiger partial charge in [-0.05, 0) is 24.6 Å². The first-order valence-electron chi connectivity index (χ1n) is 4.79. The summed E-state index contributed by atoms with van der Waals surface area (Å²) in [5.41, 5.74) is 13.5. The molecule has 1 heterocycles. The molecule has 16 heavy (non-hydrogen) atoms. The maximum atomic E-state index is 10.7. The number of aryl methyl sites for hydroxylation is 1. The molecule has 1 aromatic carbocycles. The van der Waals surface area contributed by atoms with Crippen molar-refractivity contribution in [2.75, 3.05) is 11.5 Å². The SMILES string of the molecule is Cc1cccc(-n2nc(N)c(C=O)c2N)c1. The lowest BCUT2D eigenvalue weighted by atomic mass is 10.2. The Morgan fingerprint density at radius 2 is 2.12 bits per heavy atom. The summed E-state index contributed by atoms with van der Waals surface area (Å²) in [4.78, 5) is 10.7. The van der Waals surface area contributed by atoms with E-state index < -0.39 is 0 Å². The van der Waals surface area contributed by atoms with Gasteiger partial charge in [-0.1, -0.05) is 12.1 Å². The number of hydrogen-bond donors (Lipinski definition) is 2. The van der Waals surface area contributed by atoms with Crippen LogP contribution in [0.5, 0.6) is 0 Å². The second kappa shape index (κ2) is 3.69. The van der Waals surface area contributed by atoms with Crippen molar-refractivity contribution in [3.8, 4) is 5.69 Å². The Bertz CT molecular complexity index is 545. The summed E-state index contributed by atoms with van der Waals surface area (Å²) >= 11 is 0. The minimum absolute atomic E-state index is 0.147.